The number of carbonyl (C=O) groups excluding carboxylic acids is 1. The maximum absolute atomic E-state index is 12.1. The Morgan fingerprint density at radius 3 is 2.95 bits per heavy atom. The normalized spacial score (nSPS) is 14.5. The summed E-state index contributed by atoms with van der Waals surface area (Å²) in [5.41, 5.74) is 0.690. The number of phenols is 1. The Balaban J connectivity index is 1.70. The van der Waals surface area contributed by atoms with Crippen LogP contribution in [-0.4, -0.2) is 46.2 Å². The summed E-state index contributed by atoms with van der Waals surface area (Å²) >= 11 is 0. The lowest BCUT2D eigenvalue weighted by Crippen LogP contribution is -2.43. The van der Waals surface area contributed by atoms with Crippen molar-refractivity contribution in [3.63, 3.8) is 0 Å². The number of aromatic nitrogens is 3. The monoisotopic (exact) mass is 289 g/mol. The second kappa shape index (κ2) is 5.41. The first-order valence-corrected chi connectivity index (χ1v) is 6.48. The molecule has 8 heteroatoms. The number of aromatic hydroxyl groups is 1. The van der Waals surface area contributed by atoms with Gasteiger partial charge in [-0.3, -0.25) is 4.79 Å². The molecule has 0 unspecified atom stereocenters. The molecule has 1 amide bonds. The highest BCUT2D eigenvalue weighted by atomic mass is 16.5. The molecule has 0 saturated carbocycles. The van der Waals surface area contributed by atoms with E-state index in [1.54, 1.807) is 23.0 Å². The van der Waals surface area contributed by atoms with Crippen molar-refractivity contribution in [1.29, 1.82) is 0 Å². The Labute approximate surface area is 120 Å². The first kappa shape index (κ1) is 13.4. The minimum atomic E-state index is -0.377. The molecule has 21 heavy (non-hydrogen) atoms. The third-order valence-electron chi connectivity index (χ3n) is 3.31. The number of benzene rings is 1. The Kier molecular flexibility index (Phi) is 3.44. The maximum Gasteiger partial charge on any atom is 0.277 e. The average Bonchev–Trinajstić information content (AvgIpc) is 2.86. The first-order chi connectivity index (χ1) is 10.2. The van der Waals surface area contributed by atoms with Gasteiger partial charge in [-0.05, 0) is 12.1 Å². The number of hydrogen-bond donors (Lipinski definition) is 3. The molecular formula is C13H15N5O3. The first-order valence-electron chi connectivity index (χ1n) is 6.48. The molecule has 2 heterocycles. The highest BCUT2D eigenvalue weighted by Gasteiger charge is 2.21. The highest BCUT2D eigenvalue weighted by Crippen LogP contribution is 2.28. The quantitative estimate of drug-likeness (QED) is 0.752. The van der Waals surface area contributed by atoms with E-state index in [2.05, 4.69) is 20.9 Å². The molecule has 0 bridgehead atoms. The number of hydrogen-bond acceptors (Lipinski definition) is 6. The number of nitrogens with zero attached hydrogens (tertiary/aromatic N) is 3. The fourth-order valence-electron chi connectivity index (χ4n) is 1.98. The number of ether oxygens (including phenoxy) is 1. The van der Waals surface area contributed by atoms with Gasteiger partial charge >= 0.3 is 0 Å². The number of nitrogens with one attached hydrogen (secondary N) is 2. The predicted molar refractivity (Wildman–Crippen MR) is 74.5 cm³/mol. The van der Waals surface area contributed by atoms with Gasteiger partial charge in [0, 0.05) is 24.8 Å². The third kappa shape index (κ3) is 2.65. The number of carbonyl (C=O) groups is 1. The molecule has 1 aromatic carbocycles. The standard InChI is InChI=1S/C13H15N5O3/c1-21-12-3-2-8(4-11(12)19)15-13(20)10-7-18(17-16-10)9-5-14-6-9/h2-4,7,9,14,19H,5-6H2,1H3,(H,15,20). The number of phenolic OH excluding ortho intramolecular Hbond substituents is 1. The SMILES string of the molecule is COc1ccc(NC(=O)c2cn(C3CNC3)nn2)cc1O. The van der Waals surface area contributed by atoms with E-state index in [0.717, 1.165) is 13.1 Å². The van der Waals surface area contributed by atoms with Crippen LogP contribution < -0.4 is 15.4 Å². The molecule has 8 nitrogen and oxygen atoms in total. The van der Waals surface area contributed by atoms with Crippen molar-refractivity contribution < 1.29 is 14.6 Å². The molecular weight excluding hydrogens is 274 g/mol. The molecule has 1 fully saturated rings. The molecule has 1 saturated heterocycles. The van der Waals surface area contributed by atoms with Gasteiger partial charge in [0.15, 0.2) is 17.2 Å². The Morgan fingerprint density at radius 2 is 2.33 bits per heavy atom. The molecule has 2 aromatic rings. The smallest absolute Gasteiger partial charge is 0.277 e. The van der Waals surface area contributed by atoms with E-state index in [-0.39, 0.29) is 23.4 Å². The fourth-order valence-corrected chi connectivity index (χ4v) is 1.98. The molecule has 0 atom stereocenters. The van der Waals surface area contributed by atoms with E-state index < -0.39 is 0 Å². The van der Waals surface area contributed by atoms with E-state index in [1.165, 1.54) is 13.2 Å². The van der Waals surface area contributed by atoms with Gasteiger partial charge in [-0.2, -0.15) is 0 Å². The van der Waals surface area contributed by atoms with Gasteiger partial charge in [0.2, 0.25) is 0 Å². The Morgan fingerprint density at radius 1 is 1.52 bits per heavy atom. The number of amides is 1. The van der Waals surface area contributed by atoms with E-state index >= 15 is 0 Å². The summed E-state index contributed by atoms with van der Waals surface area (Å²) in [6.45, 7) is 1.66. The van der Waals surface area contributed by atoms with Gasteiger partial charge in [0.1, 0.15) is 0 Å². The van der Waals surface area contributed by atoms with Gasteiger partial charge in [-0.25, -0.2) is 4.68 Å². The van der Waals surface area contributed by atoms with Crippen LogP contribution in [0.3, 0.4) is 0 Å². The molecule has 110 valence electrons. The van der Waals surface area contributed by atoms with Crippen LogP contribution in [0.4, 0.5) is 5.69 Å². The van der Waals surface area contributed by atoms with Gasteiger partial charge in [0.05, 0.1) is 19.3 Å². The van der Waals surface area contributed by atoms with Gasteiger partial charge in [-0.15, -0.1) is 5.10 Å². The van der Waals surface area contributed by atoms with E-state index in [0.29, 0.717) is 11.4 Å². The zero-order valence-electron chi connectivity index (χ0n) is 11.4. The van der Waals surface area contributed by atoms with Crippen molar-refractivity contribution in [1.82, 2.24) is 20.3 Å². The number of rotatable bonds is 4. The van der Waals surface area contributed by atoms with Crippen LogP contribution in [0.5, 0.6) is 11.5 Å². The van der Waals surface area contributed by atoms with Crippen molar-refractivity contribution in [2.45, 2.75) is 6.04 Å². The zero-order chi connectivity index (χ0) is 14.8. The summed E-state index contributed by atoms with van der Waals surface area (Å²) in [6, 6.07) is 4.87. The number of methoxy groups -OCH3 is 1. The van der Waals surface area contributed by atoms with Crippen LogP contribution in [0.2, 0.25) is 0 Å². The van der Waals surface area contributed by atoms with Gasteiger partial charge in [-0.1, -0.05) is 5.21 Å². The average molecular weight is 289 g/mol. The second-order valence-corrected chi connectivity index (χ2v) is 4.74. The van der Waals surface area contributed by atoms with Crippen LogP contribution in [0.1, 0.15) is 16.5 Å². The lowest BCUT2D eigenvalue weighted by Gasteiger charge is -2.26. The lowest BCUT2D eigenvalue weighted by molar-refractivity contribution is 0.102. The zero-order valence-corrected chi connectivity index (χ0v) is 11.4. The summed E-state index contributed by atoms with van der Waals surface area (Å²) in [5.74, 6) is -0.0750. The van der Waals surface area contributed by atoms with Crippen molar-refractivity contribution in [2.75, 3.05) is 25.5 Å². The lowest BCUT2D eigenvalue weighted by atomic mass is 10.2. The molecule has 3 N–H and O–H groups in total. The number of anilines is 1. The van der Waals surface area contributed by atoms with Crippen molar-refractivity contribution in [3.05, 3.63) is 30.1 Å². The Hall–Kier alpha value is -2.61. The highest BCUT2D eigenvalue weighted by molar-refractivity contribution is 6.02. The van der Waals surface area contributed by atoms with Gasteiger partial charge < -0.3 is 20.5 Å². The van der Waals surface area contributed by atoms with Gasteiger partial charge in [0.25, 0.3) is 5.91 Å². The predicted octanol–water partition coefficient (Wildman–Crippen LogP) is 0.389. The largest absolute Gasteiger partial charge is 0.504 e. The summed E-state index contributed by atoms with van der Waals surface area (Å²) in [6.07, 6.45) is 1.62. The van der Waals surface area contributed by atoms with Crippen LogP contribution in [0.15, 0.2) is 24.4 Å². The van der Waals surface area contributed by atoms with Crippen molar-refractivity contribution in [2.24, 2.45) is 0 Å². The van der Waals surface area contributed by atoms with E-state index in [1.807, 2.05) is 0 Å². The fraction of sp³-hybridized carbons (Fsp3) is 0.308. The van der Waals surface area contributed by atoms with Crippen molar-refractivity contribution in [3.8, 4) is 11.5 Å². The van der Waals surface area contributed by atoms with Crippen LogP contribution in [0.25, 0.3) is 0 Å². The minimum Gasteiger partial charge on any atom is -0.504 e. The third-order valence-corrected chi connectivity index (χ3v) is 3.31. The summed E-state index contributed by atoms with van der Waals surface area (Å²) < 4.78 is 6.62. The Bertz CT molecular complexity index is 666. The summed E-state index contributed by atoms with van der Waals surface area (Å²) in [4.78, 5) is 12.1. The summed E-state index contributed by atoms with van der Waals surface area (Å²) in [7, 11) is 1.46. The van der Waals surface area contributed by atoms with Crippen LogP contribution in [0, 0.1) is 0 Å². The van der Waals surface area contributed by atoms with E-state index in [4.69, 9.17) is 4.74 Å². The minimum absolute atomic E-state index is 0.0421. The molecule has 0 spiro atoms. The molecule has 0 radical (unpaired) electrons. The van der Waals surface area contributed by atoms with Crippen molar-refractivity contribution >= 4 is 11.6 Å². The molecule has 3 rings (SSSR count). The van der Waals surface area contributed by atoms with Crippen LogP contribution in [-0.2, 0) is 0 Å². The molecule has 1 aliphatic heterocycles. The molecule has 1 aliphatic rings. The topological polar surface area (TPSA) is 101 Å². The van der Waals surface area contributed by atoms with Crippen LogP contribution >= 0.6 is 0 Å². The molecule has 0 aliphatic carbocycles. The van der Waals surface area contributed by atoms with E-state index in [9.17, 15) is 9.90 Å². The molecule has 1 aromatic heterocycles. The maximum atomic E-state index is 12.1. The summed E-state index contributed by atoms with van der Waals surface area (Å²) in [5, 5.41) is 23.3. The second-order valence-electron chi connectivity index (χ2n) is 4.74.